The van der Waals surface area contributed by atoms with Crippen molar-refractivity contribution in [2.24, 2.45) is 11.8 Å². The van der Waals surface area contributed by atoms with E-state index in [1.165, 1.54) is 50.7 Å². The van der Waals surface area contributed by atoms with Crippen LogP contribution in [0.3, 0.4) is 0 Å². The van der Waals surface area contributed by atoms with Crippen LogP contribution in [0.25, 0.3) is 0 Å². The molecule has 0 nitrogen and oxygen atoms in total. The molecule has 0 unspecified atom stereocenters. The number of benzene rings is 1. The lowest BCUT2D eigenvalue weighted by Gasteiger charge is -2.25. The molecule has 1 aromatic rings. The highest BCUT2D eigenvalue weighted by Crippen LogP contribution is 2.31. The Morgan fingerprint density at radius 2 is 1.78 bits per heavy atom. The van der Waals surface area contributed by atoms with Crippen molar-refractivity contribution in [3.05, 3.63) is 35.6 Å². The summed E-state index contributed by atoms with van der Waals surface area (Å²) in [6.45, 7) is 2.26. The second-order valence-corrected chi connectivity index (χ2v) is 5.28. The van der Waals surface area contributed by atoms with Crippen LogP contribution in [0.15, 0.2) is 24.3 Å². The zero-order valence-electron chi connectivity index (χ0n) is 11.1. The van der Waals surface area contributed by atoms with Gasteiger partial charge in [-0.1, -0.05) is 31.6 Å². The Labute approximate surface area is 110 Å². The third kappa shape index (κ3) is 3.88. The third-order valence-electron chi connectivity index (χ3n) is 3.81. The van der Waals surface area contributed by atoms with E-state index in [-0.39, 0.29) is 5.82 Å². The summed E-state index contributed by atoms with van der Waals surface area (Å²) in [6, 6.07) is 6.46. The molecular formula is C17H21F. The van der Waals surface area contributed by atoms with Gasteiger partial charge < -0.3 is 0 Å². The van der Waals surface area contributed by atoms with E-state index in [2.05, 4.69) is 18.8 Å². The molecule has 1 heteroatoms. The number of hydrogen-bond donors (Lipinski definition) is 0. The van der Waals surface area contributed by atoms with Gasteiger partial charge in [0, 0.05) is 11.5 Å². The van der Waals surface area contributed by atoms with Crippen LogP contribution in [0.2, 0.25) is 0 Å². The van der Waals surface area contributed by atoms with Crippen molar-refractivity contribution in [3.8, 4) is 11.8 Å². The lowest BCUT2D eigenvalue weighted by molar-refractivity contribution is 0.300. The van der Waals surface area contributed by atoms with Crippen molar-refractivity contribution in [1.29, 1.82) is 0 Å². The Balaban J connectivity index is 1.86. The fourth-order valence-corrected chi connectivity index (χ4v) is 2.72. The van der Waals surface area contributed by atoms with E-state index < -0.39 is 0 Å². The van der Waals surface area contributed by atoms with Gasteiger partial charge in [0.15, 0.2) is 0 Å². The molecule has 96 valence electrons. The molecule has 2 rings (SSSR count). The summed E-state index contributed by atoms with van der Waals surface area (Å²) in [5.74, 6) is 7.80. The molecule has 1 aliphatic carbocycles. The Morgan fingerprint density at radius 1 is 1.11 bits per heavy atom. The monoisotopic (exact) mass is 244 g/mol. The average molecular weight is 244 g/mol. The predicted octanol–water partition coefficient (Wildman–Crippen LogP) is 4.78. The molecule has 0 bridgehead atoms. The molecule has 0 heterocycles. The highest BCUT2D eigenvalue weighted by atomic mass is 19.1. The van der Waals surface area contributed by atoms with Gasteiger partial charge in [-0.2, -0.15) is 0 Å². The van der Waals surface area contributed by atoms with Crippen LogP contribution < -0.4 is 0 Å². The van der Waals surface area contributed by atoms with E-state index in [1.807, 2.05) is 0 Å². The number of halogens is 1. The first kappa shape index (κ1) is 13.1. The summed E-state index contributed by atoms with van der Waals surface area (Å²) < 4.78 is 12.7. The second kappa shape index (κ2) is 6.59. The van der Waals surface area contributed by atoms with Crippen molar-refractivity contribution < 1.29 is 4.39 Å². The minimum absolute atomic E-state index is 0.194. The van der Waals surface area contributed by atoms with Crippen LogP contribution in [0.4, 0.5) is 4.39 Å². The SMILES string of the molecule is CCC[C@H]1CC[C@H](C#Cc2ccc(F)cc2)CC1. The molecule has 0 N–H and O–H groups in total. The minimum Gasteiger partial charge on any atom is -0.207 e. The standard InChI is InChI=1S/C17H21F/c1-2-3-14-4-6-15(7-5-14)8-9-16-10-12-17(18)13-11-16/h10-15H,2-7H2,1H3/t14-,15-. The number of hydrogen-bond acceptors (Lipinski definition) is 0. The first-order valence-corrected chi connectivity index (χ1v) is 7.05. The fraction of sp³-hybridized carbons (Fsp3) is 0.529. The van der Waals surface area contributed by atoms with Crippen molar-refractivity contribution >= 4 is 0 Å². The molecule has 1 fully saturated rings. The topological polar surface area (TPSA) is 0 Å². The molecular weight excluding hydrogens is 223 g/mol. The Morgan fingerprint density at radius 3 is 2.39 bits per heavy atom. The van der Waals surface area contributed by atoms with Crippen LogP contribution in [0, 0.1) is 29.5 Å². The molecule has 0 aromatic heterocycles. The van der Waals surface area contributed by atoms with Gasteiger partial charge in [0.2, 0.25) is 0 Å². The van der Waals surface area contributed by atoms with Crippen LogP contribution in [0.1, 0.15) is 51.0 Å². The van der Waals surface area contributed by atoms with E-state index in [9.17, 15) is 4.39 Å². The fourth-order valence-electron chi connectivity index (χ4n) is 2.72. The van der Waals surface area contributed by atoms with Crippen LogP contribution >= 0.6 is 0 Å². The minimum atomic E-state index is -0.194. The first-order chi connectivity index (χ1) is 8.78. The maximum atomic E-state index is 12.7. The molecule has 0 spiro atoms. The molecule has 0 amide bonds. The first-order valence-electron chi connectivity index (χ1n) is 7.05. The lowest BCUT2D eigenvalue weighted by Crippen LogP contribution is -2.13. The summed E-state index contributed by atoms with van der Waals surface area (Å²) in [5, 5.41) is 0. The largest absolute Gasteiger partial charge is 0.207 e. The summed E-state index contributed by atoms with van der Waals surface area (Å²) in [4.78, 5) is 0. The Bertz CT molecular complexity index is 413. The molecule has 1 aliphatic rings. The van der Waals surface area contributed by atoms with Gasteiger partial charge in [0.25, 0.3) is 0 Å². The lowest BCUT2D eigenvalue weighted by atomic mass is 9.80. The smallest absolute Gasteiger partial charge is 0.123 e. The molecule has 0 atom stereocenters. The maximum absolute atomic E-state index is 12.7. The summed E-state index contributed by atoms with van der Waals surface area (Å²) in [5.41, 5.74) is 0.923. The quantitative estimate of drug-likeness (QED) is 0.656. The van der Waals surface area contributed by atoms with Crippen molar-refractivity contribution in [3.63, 3.8) is 0 Å². The molecule has 0 radical (unpaired) electrons. The normalized spacial score (nSPS) is 23.2. The predicted molar refractivity (Wildman–Crippen MR) is 73.6 cm³/mol. The molecule has 1 aromatic carbocycles. The third-order valence-corrected chi connectivity index (χ3v) is 3.81. The van der Waals surface area contributed by atoms with E-state index in [0.717, 1.165) is 11.5 Å². The summed E-state index contributed by atoms with van der Waals surface area (Å²) >= 11 is 0. The van der Waals surface area contributed by atoms with E-state index in [4.69, 9.17) is 0 Å². The highest BCUT2D eigenvalue weighted by molar-refractivity contribution is 5.34. The molecule has 0 aliphatic heterocycles. The van der Waals surface area contributed by atoms with Gasteiger partial charge in [-0.3, -0.25) is 0 Å². The van der Waals surface area contributed by atoms with E-state index in [0.29, 0.717) is 5.92 Å². The van der Waals surface area contributed by atoms with Gasteiger partial charge in [0.05, 0.1) is 0 Å². The molecule has 18 heavy (non-hydrogen) atoms. The van der Waals surface area contributed by atoms with Gasteiger partial charge in [0.1, 0.15) is 5.82 Å². The van der Waals surface area contributed by atoms with Crippen LogP contribution in [-0.4, -0.2) is 0 Å². The molecule has 1 saturated carbocycles. The van der Waals surface area contributed by atoms with E-state index >= 15 is 0 Å². The average Bonchev–Trinajstić information content (AvgIpc) is 2.40. The Kier molecular flexibility index (Phi) is 4.81. The van der Waals surface area contributed by atoms with Crippen molar-refractivity contribution in [1.82, 2.24) is 0 Å². The van der Waals surface area contributed by atoms with Gasteiger partial charge in [-0.25, -0.2) is 4.39 Å². The number of rotatable bonds is 2. The maximum Gasteiger partial charge on any atom is 0.123 e. The van der Waals surface area contributed by atoms with Crippen LogP contribution in [-0.2, 0) is 0 Å². The summed E-state index contributed by atoms with van der Waals surface area (Å²) in [7, 11) is 0. The Hall–Kier alpha value is -1.29. The van der Waals surface area contributed by atoms with Crippen LogP contribution in [0.5, 0.6) is 0 Å². The van der Waals surface area contributed by atoms with E-state index in [1.54, 1.807) is 12.1 Å². The zero-order valence-corrected chi connectivity index (χ0v) is 11.1. The van der Waals surface area contributed by atoms with Gasteiger partial charge >= 0.3 is 0 Å². The highest BCUT2D eigenvalue weighted by Gasteiger charge is 2.18. The summed E-state index contributed by atoms with van der Waals surface area (Å²) in [6.07, 6.45) is 7.81. The molecule has 0 saturated heterocycles. The van der Waals surface area contributed by atoms with Gasteiger partial charge in [-0.05, 0) is 55.9 Å². The van der Waals surface area contributed by atoms with Crippen molar-refractivity contribution in [2.45, 2.75) is 45.4 Å². The van der Waals surface area contributed by atoms with Crippen molar-refractivity contribution in [2.75, 3.05) is 0 Å². The zero-order chi connectivity index (χ0) is 12.8. The van der Waals surface area contributed by atoms with Gasteiger partial charge in [-0.15, -0.1) is 0 Å². The second-order valence-electron chi connectivity index (χ2n) is 5.28.